The first-order chi connectivity index (χ1) is 11.1. The number of benzene rings is 1. The highest BCUT2D eigenvalue weighted by Crippen LogP contribution is 2.18. The van der Waals surface area contributed by atoms with Gasteiger partial charge in [0, 0.05) is 23.7 Å². The van der Waals surface area contributed by atoms with Gasteiger partial charge in [0.2, 0.25) is 0 Å². The van der Waals surface area contributed by atoms with E-state index in [1.807, 2.05) is 0 Å². The highest BCUT2D eigenvalue weighted by atomic mass is 16.2. The van der Waals surface area contributed by atoms with Crippen molar-refractivity contribution in [2.24, 2.45) is 5.92 Å². The zero-order chi connectivity index (χ0) is 16.7. The van der Waals surface area contributed by atoms with E-state index in [2.05, 4.69) is 24.5 Å². The third kappa shape index (κ3) is 5.70. The molecule has 0 atom stereocenters. The average molecular weight is 316 g/mol. The molecule has 2 N–H and O–H groups in total. The molecule has 0 bridgehead atoms. The van der Waals surface area contributed by atoms with Crippen molar-refractivity contribution in [1.82, 2.24) is 10.6 Å². The summed E-state index contributed by atoms with van der Waals surface area (Å²) in [5, 5.41) is 6.00. The van der Waals surface area contributed by atoms with E-state index in [0.29, 0.717) is 23.6 Å². The second kappa shape index (κ2) is 8.70. The fourth-order valence-corrected chi connectivity index (χ4v) is 2.89. The van der Waals surface area contributed by atoms with Gasteiger partial charge in [-0.15, -0.1) is 0 Å². The van der Waals surface area contributed by atoms with Crippen molar-refractivity contribution in [3.63, 3.8) is 0 Å². The summed E-state index contributed by atoms with van der Waals surface area (Å²) in [4.78, 5) is 24.5. The SMILES string of the molecule is CC(C)CCNC(=O)c1cccc(C(=O)NC2CCCCC2)c1. The monoisotopic (exact) mass is 316 g/mol. The van der Waals surface area contributed by atoms with E-state index in [1.54, 1.807) is 24.3 Å². The summed E-state index contributed by atoms with van der Waals surface area (Å²) in [5.41, 5.74) is 1.11. The lowest BCUT2D eigenvalue weighted by atomic mass is 9.95. The molecule has 1 aliphatic carbocycles. The normalized spacial score (nSPS) is 15.4. The Balaban J connectivity index is 1.92. The van der Waals surface area contributed by atoms with Crippen molar-refractivity contribution in [3.8, 4) is 0 Å². The summed E-state index contributed by atoms with van der Waals surface area (Å²) < 4.78 is 0. The van der Waals surface area contributed by atoms with Gasteiger partial charge >= 0.3 is 0 Å². The summed E-state index contributed by atoms with van der Waals surface area (Å²) in [5.74, 6) is 0.370. The number of carbonyl (C=O) groups is 2. The fourth-order valence-electron chi connectivity index (χ4n) is 2.89. The highest BCUT2D eigenvalue weighted by molar-refractivity contribution is 5.99. The van der Waals surface area contributed by atoms with Crippen molar-refractivity contribution in [3.05, 3.63) is 35.4 Å². The van der Waals surface area contributed by atoms with E-state index in [9.17, 15) is 9.59 Å². The fraction of sp³-hybridized carbons (Fsp3) is 0.579. The van der Waals surface area contributed by atoms with E-state index < -0.39 is 0 Å². The third-order valence-electron chi connectivity index (χ3n) is 4.33. The molecular formula is C19H28N2O2. The Morgan fingerprint density at radius 1 is 1.09 bits per heavy atom. The predicted molar refractivity (Wildman–Crippen MR) is 92.6 cm³/mol. The van der Waals surface area contributed by atoms with Gasteiger partial charge in [-0.1, -0.05) is 39.2 Å². The summed E-state index contributed by atoms with van der Waals surface area (Å²) in [7, 11) is 0. The van der Waals surface area contributed by atoms with Gasteiger partial charge in [0.05, 0.1) is 0 Å². The van der Waals surface area contributed by atoms with Crippen molar-refractivity contribution >= 4 is 11.8 Å². The minimum Gasteiger partial charge on any atom is -0.352 e. The Morgan fingerprint density at radius 2 is 1.74 bits per heavy atom. The molecule has 2 amide bonds. The maximum atomic E-state index is 12.3. The third-order valence-corrected chi connectivity index (χ3v) is 4.33. The molecule has 1 saturated carbocycles. The first-order valence-corrected chi connectivity index (χ1v) is 8.75. The maximum Gasteiger partial charge on any atom is 0.251 e. The average Bonchev–Trinajstić information content (AvgIpc) is 2.55. The summed E-state index contributed by atoms with van der Waals surface area (Å²) in [6, 6.07) is 7.25. The Bertz CT molecular complexity index is 534. The molecule has 0 aromatic heterocycles. The molecule has 23 heavy (non-hydrogen) atoms. The van der Waals surface area contributed by atoms with Crippen molar-refractivity contribution in [2.45, 2.75) is 58.4 Å². The van der Waals surface area contributed by atoms with E-state index >= 15 is 0 Å². The summed E-state index contributed by atoms with van der Waals surface area (Å²) >= 11 is 0. The highest BCUT2D eigenvalue weighted by Gasteiger charge is 2.17. The van der Waals surface area contributed by atoms with Crippen LogP contribution in [0.2, 0.25) is 0 Å². The molecule has 0 aliphatic heterocycles. The van der Waals surface area contributed by atoms with Crippen molar-refractivity contribution < 1.29 is 9.59 Å². The molecule has 0 spiro atoms. The second-order valence-corrected chi connectivity index (χ2v) is 6.83. The van der Waals surface area contributed by atoms with E-state index in [1.165, 1.54) is 19.3 Å². The van der Waals surface area contributed by atoms with Crippen molar-refractivity contribution in [2.75, 3.05) is 6.54 Å². The van der Waals surface area contributed by atoms with Crippen LogP contribution in [0.1, 0.15) is 73.1 Å². The second-order valence-electron chi connectivity index (χ2n) is 6.83. The van der Waals surface area contributed by atoms with Crippen LogP contribution in [0.5, 0.6) is 0 Å². The Hall–Kier alpha value is -1.84. The topological polar surface area (TPSA) is 58.2 Å². The number of amides is 2. The van der Waals surface area contributed by atoms with Crippen LogP contribution in [0.3, 0.4) is 0 Å². The lowest BCUT2D eigenvalue weighted by molar-refractivity contribution is 0.0927. The molecule has 1 aliphatic rings. The number of rotatable bonds is 6. The van der Waals surface area contributed by atoms with E-state index in [-0.39, 0.29) is 17.9 Å². The standard InChI is InChI=1S/C19H28N2O2/c1-14(2)11-12-20-18(22)15-7-6-8-16(13-15)19(23)21-17-9-4-3-5-10-17/h6-8,13-14,17H,3-5,9-12H2,1-2H3,(H,20,22)(H,21,23). The van der Waals surface area contributed by atoms with Crippen LogP contribution in [-0.4, -0.2) is 24.4 Å². The molecule has 1 fully saturated rings. The largest absolute Gasteiger partial charge is 0.352 e. The predicted octanol–water partition coefficient (Wildman–Crippen LogP) is 3.53. The zero-order valence-corrected chi connectivity index (χ0v) is 14.2. The van der Waals surface area contributed by atoms with Gasteiger partial charge in [0.15, 0.2) is 0 Å². The lowest BCUT2D eigenvalue weighted by Crippen LogP contribution is -2.36. The minimum absolute atomic E-state index is 0.0752. The van der Waals surface area contributed by atoms with Crippen LogP contribution in [0, 0.1) is 5.92 Å². The van der Waals surface area contributed by atoms with Crippen LogP contribution in [-0.2, 0) is 0 Å². The quantitative estimate of drug-likeness (QED) is 0.843. The molecule has 0 heterocycles. The van der Waals surface area contributed by atoms with E-state index in [4.69, 9.17) is 0 Å². The molecule has 126 valence electrons. The zero-order valence-electron chi connectivity index (χ0n) is 14.2. The van der Waals surface area contributed by atoms with Gasteiger partial charge < -0.3 is 10.6 Å². The van der Waals surface area contributed by atoms with Gasteiger partial charge in [-0.05, 0) is 43.4 Å². The van der Waals surface area contributed by atoms with Gasteiger partial charge in [-0.25, -0.2) is 0 Å². The molecule has 2 rings (SSSR count). The van der Waals surface area contributed by atoms with Crippen LogP contribution in [0.15, 0.2) is 24.3 Å². The molecule has 0 unspecified atom stereocenters. The van der Waals surface area contributed by atoms with Gasteiger partial charge in [0.1, 0.15) is 0 Å². The molecule has 4 heteroatoms. The molecule has 4 nitrogen and oxygen atoms in total. The van der Waals surface area contributed by atoms with Crippen molar-refractivity contribution in [1.29, 1.82) is 0 Å². The van der Waals surface area contributed by atoms with Crippen LogP contribution in [0.25, 0.3) is 0 Å². The van der Waals surface area contributed by atoms with Crippen LogP contribution in [0.4, 0.5) is 0 Å². The number of hydrogen-bond donors (Lipinski definition) is 2. The maximum absolute atomic E-state index is 12.3. The van der Waals surface area contributed by atoms with Gasteiger partial charge in [0.25, 0.3) is 11.8 Å². The van der Waals surface area contributed by atoms with Gasteiger partial charge in [-0.3, -0.25) is 9.59 Å². The number of nitrogens with one attached hydrogen (secondary N) is 2. The Morgan fingerprint density at radius 3 is 2.39 bits per heavy atom. The van der Waals surface area contributed by atoms with Crippen LogP contribution < -0.4 is 10.6 Å². The number of hydrogen-bond acceptors (Lipinski definition) is 2. The molecule has 0 saturated heterocycles. The molecule has 1 aromatic rings. The Kier molecular flexibility index (Phi) is 6.63. The first-order valence-electron chi connectivity index (χ1n) is 8.75. The number of carbonyl (C=O) groups excluding carboxylic acids is 2. The molecule has 1 aromatic carbocycles. The molecule has 0 radical (unpaired) electrons. The summed E-state index contributed by atoms with van der Waals surface area (Å²) in [6.07, 6.45) is 6.70. The Labute approximate surface area is 139 Å². The minimum atomic E-state index is -0.113. The smallest absolute Gasteiger partial charge is 0.251 e. The molecular weight excluding hydrogens is 288 g/mol. The van der Waals surface area contributed by atoms with E-state index in [0.717, 1.165) is 19.3 Å². The first kappa shape index (κ1) is 17.5. The lowest BCUT2D eigenvalue weighted by Gasteiger charge is -2.22. The van der Waals surface area contributed by atoms with Crippen LogP contribution >= 0.6 is 0 Å². The summed E-state index contributed by atoms with van der Waals surface area (Å²) in [6.45, 7) is 4.92. The van der Waals surface area contributed by atoms with Gasteiger partial charge in [-0.2, -0.15) is 0 Å².